The Morgan fingerprint density at radius 1 is 1.33 bits per heavy atom. The highest BCUT2D eigenvalue weighted by Crippen LogP contribution is 2.33. The van der Waals surface area contributed by atoms with Gasteiger partial charge < -0.3 is 9.84 Å². The third-order valence-electron chi connectivity index (χ3n) is 4.44. The molecule has 6 nitrogen and oxygen atoms in total. The van der Waals surface area contributed by atoms with Crippen molar-refractivity contribution in [2.75, 3.05) is 13.6 Å². The fourth-order valence-electron chi connectivity index (χ4n) is 3.43. The lowest BCUT2D eigenvalue weighted by atomic mass is 9.99. The van der Waals surface area contributed by atoms with E-state index in [0.29, 0.717) is 24.3 Å². The average Bonchev–Trinajstić information content (AvgIpc) is 3.16. The molecular weight excluding hydrogens is 304 g/mol. The Morgan fingerprint density at radius 2 is 2.08 bits per heavy atom. The minimum absolute atomic E-state index is 0.114. The van der Waals surface area contributed by atoms with Crippen LogP contribution in [0.3, 0.4) is 0 Å². The first-order valence-corrected chi connectivity index (χ1v) is 8.39. The van der Waals surface area contributed by atoms with Crippen molar-refractivity contribution in [2.24, 2.45) is 0 Å². The molecule has 2 aromatic rings. The second kappa shape index (κ2) is 7.13. The fraction of sp³-hybridized carbons (Fsp3) is 0.500. The molecule has 1 N–H and O–H groups in total. The lowest BCUT2D eigenvalue weighted by Gasteiger charge is -2.23. The van der Waals surface area contributed by atoms with Gasteiger partial charge in [-0.25, -0.2) is 0 Å². The zero-order valence-corrected chi connectivity index (χ0v) is 14.5. The van der Waals surface area contributed by atoms with Crippen molar-refractivity contribution in [2.45, 2.75) is 45.7 Å². The number of benzene rings is 1. The van der Waals surface area contributed by atoms with Crippen LogP contribution in [0.4, 0.5) is 0 Å². The maximum Gasteiger partial charge on any atom is 0.240 e. The Labute approximate surface area is 142 Å². The fourth-order valence-corrected chi connectivity index (χ4v) is 3.43. The minimum atomic E-state index is -0.114. The lowest BCUT2D eigenvalue weighted by molar-refractivity contribution is -0.120. The Morgan fingerprint density at radius 3 is 2.79 bits per heavy atom. The molecule has 0 radical (unpaired) electrons. The zero-order chi connectivity index (χ0) is 17.1. The van der Waals surface area contributed by atoms with Gasteiger partial charge in [0.15, 0.2) is 5.82 Å². The lowest BCUT2D eigenvalue weighted by Crippen LogP contribution is -2.23. The number of rotatable bonds is 5. The third-order valence-corrected chi connectivity index (χ3v) is 4.44. The molecule has 24 heavy (non-hydrogen) atoms. The van der Waals surface area contributed by atoms with E-state index >= 15 is 0 Å². The van der Waals surface area contributed by atoms with Gasteiger partial charge in [0.1, 0.15) is 0 Å². The van der Waals surface area contributed by atoms with Gasteiger partial charge in [-0.2, -0.15) is 4.98 Å². The first kappa shape index (κ1) is 16.6. The summed E-state index contributed by atoms with van der Waals surface area (Å²) < 4.78 is 5.32. The normalized spacial score (nSPS) is 18.0. The second-order valence-electron chi connectivity index (χ2n) is 6.50. The van der Waals surface area contributed by atoms with Crippen molar-refractivity contribution in [3.8, 4) is 0 Å². The number of aryl methyl sites for hydroxylation is 2. The summed E-state index contributed by atoms with van der Waals surface area (Å²) in [6, 6.07) is 7.12. The number of hydrogen-bond acceptors (Lipinski definition) is 5. The van der Waals surface area contributed by atoms with Gasteiger partial charge in [0.2, 0.25) is 11.8 Å². The maximum absolute atomic E-state index is 11.4. The highest BCUT2D eigenvalue weighted by molar-refractivity contribution is 5.77. The molecule has 3 rings (SSSR count). The van der Waals surface area contributed by atoms with Crippen LogP contribution in [0.15, 0.2) is 22.7 Å². The van der Waals surface area contributed by atoms with Crippen LogP contribution in [0.5, 0.6) is 0 Å². The molecule has 1 aromatic carbocycles. The predicted molar refractivity (Wildman–Crippen MR) is 90.4 cm³/mol. The van der Waals surface area contributed by atoms with Crippen LogP contribution in [0.1, 0.15) is 47.3 Å². The Hall–Kier alpha value is -2.21. The molecule has 2 heterocycles. The van der Waals surface area contributed by atoms with Gasteiger partial charge in [0.25, 0.3) is 0 Å². The van der Waals surface area contributed by atoms with Crippen LogP contribution in [-0.4, -0.2) is 34.5 Å². The van der Waals surface area contributed by atoms with E-state index in [9.17, 15) is 4.79 Å². The third kappa shape index (κ3) is 3.82. The Balaban J connectivity index is 1.71. The highest BCUT2D eigenvalue weighted by Gasteiger charge is 2.28. The maximum atomic E-state index is 11.4. The van der Waals surface area contributed by atoms with E-state index in [-0.39, 0.29) is 12.3 Å². The molecule has 128 valence electrons. The van der Waals surface area contributed by atoms with E-state index < -0.39 is 0 Å². The van der Waals surface area contributed by atoms with Crippen LogP contribution in [0.25, 0.3) is 0 Å². The average molecular weight is 328 g/mol. The first-order chi connectivity index (χ1) is 11.5. The quantitative estimate of drug-likeness (QED) is 0.912. The molecule has 0 bridgehead atoms. The molecule has 6 heteroatoms. The number of aromatic nitrogens is 2. The summed E-state index contributed by atoms with van der Waals surface area (Å²) >= 11 is 0. The number of amides is 1. The summed E-state index contributed by atoms with van der Waals surface area (Å²) in [5.41, 5.74) is 3.94. The second-order valence-corrected chi connectivity index (χ2v) is 6.50. The minimum Gasteiger partial charge on any atom is -0.359 e. The van der Waals surface area contributed by atoms with Gasteiger partial charge in [-0.15, -0.1) is 0 Å². The van der Waals surface area contributed by atoms with Gasteiger partial charge in [-0.1, -0.05) is 34.5 Å². The van der Waals surface area contributed by atoms with Gasteiger partial charge in [0, 0.05) is 13.1 Å². The largest absolute Gasteiger partial charge is 0.359 e. The Bertz CT molecular complexity index is 705. The topological polar surface area (TPSA) is 71.3 Å². The zero-order valence-electron chi connectivity index (χ0n) is 14.5. The molecule has 1 fully saturated rings. The summed E-state index contributed by atoms with van der Waals surface area (Å²) in [7, 11) is 1.60. The smallest absolute Gasteiger partial charge is 0.240 e. The standard InChI is InChI=1S/C18H24N4O2/c1-12-7-13(2)9-14(8-12)15-5-4-6-22(15)11-18-20-16(21-24-18)10-17(23)19-3/h7-9,15H,4-6,10-11H2,1-3H3,(H,19,23)/t15-/m1/s1. The monoisotopic (exact) mass is 328 g/mol. The molecule has 0 spiro atoms. The van der Waals surface area contributed by atoms with Crippen LogP contribution in [-0.2, 0) is 17.8 Å². The van der Waals surface area contributed by atoms with Crippen LogP contribution in [0, 0.1) is 13.8 Å². The van der Waals surface area contributed by atoms with Crippen molar-refractivity contribution in [1.82, 2.24) is 20.4 Å². The number of carbonyl (C=O) groups excluding carboxylic acids is 1. The van der Waals surface area contributed by atoms with Crippen molar-refractivity contribution in [3.63, 3.8) is 0 Å². The van der Waals surface area contributed by atoms with Crippen molar-refractivity contribution in [3.05, 3.63) is 46.6 Å². The van der Waals surface area contributed by atoms with Crippen molar-refractivity contribution < 1.29 is 9.32 Å². The van der Waals surface area contributed by atoms with E-state index in [0.717, 1.165) is 19.4 Å². The molecule has 0 aliphatic carbocycles. The van der Waals surface area contributed by atoms with Gasteiger partial charge in [-0.3, -0.25) is 9.69 Å². The summed E-state index contributed by atoms with van der Waals surface area (Å²) in [6.45, 7) is 5.92. The molecule has 0 saturated carbocycles. The number of likely N-dealkylation sites (tertiary alicyclic amines) is 1. The summed E-state index contributed by atoms with van der Waals surface area (Å²) in [4.78, 5) is 18.1. The first-order valence-electron chi connectivity index (χ1n) is 8.39. The predicted octanol–water partition coefficient (Wildman–Crippen LogP) is 2.31. The number of nitrogens with zero attached hydrogens (tertiary/aromatic N) is 3. The number of carbonyl (C=O) groups is 1. The van der Waals surface area contributed by atoms with E-state index in [4.69, 9.17) is 4.52 Å². The van der Waals surface area contributed by atoms with Gasteiger partial charge in [-0.05, 0) is 38.8 Å². The molecule has 1 aliphatic heterocycles. The Kier molecular flexibility index (Phi) is 4.94. The van der Waals surface area contributed by atoms with Crippen LogP contribution in [0.2, 0.25) is 0 Å². The molecule has 1 atom stereocenters. The van der Waals surface area contributed by atoms with Crippen LogP contribution < -0.4 is 5.32 Å². The molecule has 1 aromatic heterocycles. The summed E-state index contributed by atoms with van der Waals surface area (Å²) in [6.07, 6.45) is 2.46. The van der Waals surface area contributed by atoms with Crippen molar-refractivity contribution >= 4 is 5.91 Å². The van der Waals surface area contributed by atoms with Crippen LogP contribution >= 0.6 is 0 Å². The van der Waals surface area contributed by atoms with E-state index in [2.05, 4.69) is 52.4 Å². The highest BCUT2D eigenvalue weighted by atomic mass is 16.5. The van der Waals surface area contributed by atoms with E-state index in [1.54, 1.807) is 7.05 Å². The van der Waals surface area contributed by atoms with Crippen molar-refractivity contribution in [1.29, 1.82) is 0 Å². The summed E-state index contributed by atoms with van der Waals surface area (Å²) in [5.74, 6) is 0.897. The SMILES string of the molecule is CNC(=O)Cc1noc(CN2CCC[C@@H]2c2cc(C)cc(C)c2)n1. The molecule has 1 saturated heterocycles. The van der Waals surface area contributed by atoms with E-state index in [1.807, 2.05) is 0 Å². The molecule has 0 unspecified atom stereocenters. The number of hydrogen-bond donors (Lipinski definition) is 1. The van der Waals surface area contributed by atoms with E-state index in [1.165, 1.54) is 16.7 Å². The number of nitrogens with one attached hydrogen (secondary N) is 1. The molecule has 1 aliphatic rings. The number of likely N-dealkylation sites (N-methyl/N-ethyl adjacent to an activating group) is 1. The summed E-state index contributed by atoms with van der Waals surface area (Å²) in [5, 5.41) is 6.46. The van der Waals surface area contributed by atoms with Gasteiger partial charge >= 0.3 is 0 Å². The molecule has 1 amide bonds. The molecular formula is C18H24N4O2. The van der Waals surface area contributed by atoms with Gasteiger partial charge in [0.05, 0.1) is 13.0 Å².